The number of para-hydroxylation sites is 2. The molecule has 0 bridgehead atoms. The van der Waals surface area contributed by atoms with Gasteiger partial charge in [-0.25, -0.2) is 0 Å². The summed E-state index contributed by atoms with van der Waals surface area (Å²) in [6.07, 6.45) is 14.2. The Kier molecular flexibility index (Phi) is 10.1. The van der Waals surface area contributed by atoms with Gasteiger partial charge in [0, 0.05) is 32.5 Å². The fourth-order valence-corrected chi connectivity index (χ4v) is 5.28. The van der Waals surface area contributed by atoms with E-state index in [-0.39, 0.29) is 20.1 Å². The van der Waals surface area contributed by atoms with Gasteiger partial charge in [0.2, 0.25) is 0 Å². The maximum absolute atomic E-state index is 5.90. The summed E-state index contributed by atoms with van der Waals surface area (Å²) in [5, 5.41) is 0.995. The van der Waals surface area contributed by atoms with Crippen molar-refractivity contribution in [3.63, 3.8) is 0 Å². The first-order valence-electron chi connectivity index (χ1n) is 15.0. The zero-order chi connectivity index (χ0) is 30.3. The second kappa shape index (κ2) is 14.9. The molecule has 7 nitrogen and oxygen atoms in total. The Hall–Kier alpha value is -4.91. The third kappa shape index (κ3) is 7.15. The maximum Gasteiger partial charge on any atom is 0.139 e. The van der Waals surface area contributed by atoms with Gasteiger partial charge in [-0.05, 0) is 80.0 Å². The SMILES string of the molecule is [Ir].[c-]1ccc2c(oc3cccnc32)c1-c1ccccn1.[c-]1ccccc1N1C=CN(CCCCN2C=CN(c3[c-]cccc3)[CH-]2)[CH-]1. The Morgan fingerprint density at radius 2 is 1.28 bits per heavy atom. The van der Waals surface area contributed by atoms with Crippen LogP contribution >= 0.6 is 0 Å². The van der Waals surface area contributed by atoms with Crippen molar-refractivity contribution in [3.05, 3.63) is 160 Å². The largest absolute Gasteiger partial charge is 0.508 e. The molecule has 3 aromatic heterocycles. The van der Waals surface area contributed by atoms with E-state index in [2.05, 4.69) is 98.0 Å². The van der Waals surface area contributed by atoms with E-state index >= 15 is 0 Å². The van der Waals surface area contributed by atoms with Gasteiger partial charge in [-0.15, -0.1) is 29.6 Å². The predicted octanol–water partition coefficient (Wildman–Crippen LogP) is 8.03. The number of fused-ring (bicyclic) bond motifs is 3. The molecule has 2 aliphatic heterocycles. The Morgan fingerprint density at radius 1 is 0.630 bits per heavy atom. The molecular formula is C38H31IrN6O-5. The second-order valence-electron chi connectivity index (χ2n) is 10.6. The van der Waals surface area contributed by atoms with E-state index in [1.54, 1.807) is 12.4 Å². The normalized spacial score (nSPS) is 13.7. The van der Waals surface area contributed by atoms with Crippen LogP contribution in [-0.4, -0.2) is 32.9 Å². The monoisotopic (exact) mass is 780 g/mol. The van der Waals surface area contributed by atoms with E-state index in [0.29, 0.717) is 0 Å². The number of unbranched alkanes of at least 4 members (excludes halogenated alkanes) is 1. The average Bonchev–Trinajstić information content (AvgIpc) is 3.87. The van der Waals surface area contributed by atoms with Gasteiger partial charge in [-0.2, -0.15) is 74.0 Å². The van der Waals surface area contributed by atoms with Crippen molar-refractivity contribution in [2.75, 3.05) is 22.9 Å². The Morgan fingerprint density at radius 3 is 1.89 bits per heavy atom. The molecular weight excluding hydrogens is 749 g/mol. The molecule has 0 atom stereocenters. The van der Waals surface area contributed by atoms with Crippen molar-refractivity contribution in [3.8, 4) is 11.3 Å². The first kappa shape index (κ1) is 31.1. The van der Waals surface area contributed by atoms with Gasteiger partial charge in [0.15, 0.2) is 0 Å². The molecule has 0 unspecified atom stereocenters. The summed E-state index contributed by atoms with van der Waals surface area (Å²) in [4.78, 5) is 17.4. The van der Waals surface area contributed by atoms with Crippen molar-refractivity contribution in [1.82, 2.24) is 19.8 Å². The third-order valence-corrected chi connectivity index (χ3v) is 7.52. The van der Waals surface area contributed by atoms with Crippen LogP contribution in [0.25, 0.3) is 33.3 Å². The molecule has 0 amide bonds. The van der Waals surface area contributed by atoms with Crippen molar-refractivity contribution in [2.45, 2.75) is 12.8 Å². The van der Waals surface area contributed by atoms with Crippen LogP contribution in [0, 0.1) is 31.5 Å². The molecule has 8 rings (SSSR count). The standard InChI is InChI=1S/C22H22N4.C16H9N2O.Ir/c1-3-9-21(10-4-1)25-17-15-23(19-25)13-7-8-14-24-16-18-26(20-24)22-11-5-2-6-12-22;1-2-9-17-13(7-1)11-5-3-6-12-15-14(19-16(11)12)8-4-10-18-15;/h1-6,9,11,15-20H,7-8,13-14H2;1-4,6-10H;/q-4;-1;. The van der Waals surface area contributed by atoms with Gasteiger partial charge < -0.3 is 29.0 Å². The van der Waals surface area contributed by atoms with E-state index < -0.39 is 0 Å². The summed E-state index contributed by atoms with van der Waals surface area (Å²) in [6.45, 7) is 6.29. The van der Waals surface area contributed by atoms with Crippen LogP contribution in [0.1, 0.15) is 12.8 Å². The van der Waals surface area contributed by atoms with Crippen LogP contribution in [-0.2, 0) is 20.1 Å². The molecule has 6 aromatic rings. The number of nitrogens with zero attached hydrogens (tertiary/aromatic N) is 6. The van der Waals surface area contributed by atoms with Gasteiger partial charge in [-0.1, -0.05) is 17.7 Å². The molecule has 0 saturated heterocycles. The number of furan rings is 1. The zero-order valence-corrected chi connectivity index (χ0v) is 27.4. The van der Waals surface area contributed by atoms with E-state index in [9.17, 15) is 0 Å². The Bertz CT molecular complexity index is 1830. The van der Waals surface area contributed by atoms with Crippen molar-refractivity contribution in [1.29, 1.82) is 0 Å². The van der Waals surface area contributed by atoms with Crippen molar-refractivity contribution < 1.29 is 24.5 Å². The zero-order valence-electron chi connectivity index (χ0n) is 25.0. The summed E-state index contributed by atoms with van der Waals surface area (Å²) in [7, 11) is 0. The average molecular weight is 780 g/mol. The minimum absolute atomic E-state index is 0. The molecule has 5 heterocycles. The number of aromatic nitrogens is 2. The van der Waals surface area contributed by atoms with Gasteiger partial charge in [0.1, 0.15) is 5.58 Å². The first-order chi connectivity index (χ1) is 22.3. The summed E-state index contributed by atoms with van der Waals surface area (Å²) in [5.74, 6) is 0. The van der Waals surface area contributed by atoms with Gasteiger partial charge in [-0.3, -0.25) is 4.98 Å². The molecule has 0 N–H and O–H groups in total. The molecule has 0 spiro atoms. The minimum Gasteiger partial charge on any atom is -0.508 e. The van der Waals surface area contributed by atoms with Crippen LogP contribution in [0.15, 0.2) is 133 Å². The molecule has 8 heteroatoms. The molecule has 0 aliphatic carbocycles. The fraction of sp³-hybridized carbons (Fsp3) is 0.105. The molecule has 0 saturated carbocycles. The molecule has 2 aliphatic rings. The molecule has 233 valence electrons. The minimum atomic E-state index is 0. The summed E-state index contributed by atoms with van der Waals surface area (Å²) >= 11 is 0. The number of hydrogen-bond acceptors (Lipinski definition) is 7. The van der Waals surface area contributed by atoms with Gasteiger partial charge in [0.05, 0.1) is 11.1 Å². The van der Waals surface area contributed by atoms with E-state index in [1.165, 1.54) is 0 Å². The summed E-state index contributed by atoms with van der Waals surface area (Å²) < 4.78 is 5.90. The predicted molar refractivity (Wildman–Crippen MR) is 179 cm³/mol. The first-order valence-corrected chi connectivity index (χ1v) is 15.0. The fourth-order valence-electron chi connectivity index (χ4n) is 5.28. The molecule has 1 radical (unpaired) electrons. The van der Waals surface area contributed by atoms with Gasteiger partial charge >= 0.3 is 0 Å². The molecule has 46 heavy (non-hydrogen) atoms. The quantitative estimate of drug-likeness (QED) is 0.115. The molecule has 0 fully saturated rings. The van der Waals surface area contributed by atoms with Crippen LogP contribution in [0.2, 0.25) is 0 Å². The van der Waals surface area contributed by atoms with E-state index in [0.717, 1.165) is 70.6 Å². The van der Waals surface area contributed by atoms with Crippen LogP contribution in [0.3, 0.4) is 0 Å². The van der Waals surface area contributed by atoms with E-state index in [1.807, 2.05) is 78.9 Å². The van der Waals surface area contributed by atoms with Crippen LogP contribution in [0.5, 0.6) is 0 Å². The van der Waals surface area contributed by atoms with Crippen molar-refractivity contribution >= 4 is 33.4 Å². The topological polar surface area (TPSA) is 51.9 Å². The number of anilines is 2. The smallest absolute Gasteiger partial charge is 0.139 e. The Labute approximate surface area is 283 Å². The second-order valence-corrected chi connectivity index (χ2v) is 10.6. The number of hydrogen-bond donors (Lipinski definition) is 0. The van der Waals surface area contributed by atoms with Crippen LogP contribution < -0.4 is 9.80 Å². The Balaban J connectivity index is 0.000000165. The molecule has 3 aromatic carbocycles. The summed E-state index contributed by atoms with van der Waals surface area (Å²) in [5.41, 5.74) is 6.32. The maximum atomic E-state index is 5.90. The van der Waals surface area contributed by atoms with Crippen LogP contribution in [0.4, 0.5) is 11.4 Å². The van der Waals surface area contributed by atoms with Gasteiger partial charge in [0.25, 0.3) is 0 Å². The van der Waals surface area contributed by atoms with Crippen molar-refractivity contribution in [2.24, 2.45) is 0 Å². The third-order valence-electron chi connectivity index (χ3n) is 7.52. The summed E-state index contributed by atoms with van der Waals surface area (Å²) in [6, 6.07) is 39.2. The number of pyridine rings is 2. The van der Waals surface area contributed by atoms with E-state index in [4.69, 9.17) is 4.42 Å². The number of benzene rings is 3. The number of rotatable bonds is 8.